The molecule has 0 amide bonds. The fourth-order valence-corrected chi connectivity index (χ4v) is 3.70. The fourth-order valence-electron chi connectivity index (χ4n) is 3.70. The monoisotopic (exact) mass is 377 g/mol. The van der Waals surface area contributed by atoms with E-state index in [0.717, 1.165) is 49.7 Å². The first-order valence-corrected chi connectivity index (χ1v) is 9.25. The van der Waals surface area contributed by atoms with Crippen LogP contribution < -0.4 is 0 Å². The van der Waals surface area contributed by atoms with Gasteiger partial charge in [-0.25, -0.2) is 14.6 Å². The number of hydrogen-bond donors (Lipinski definition) is 1. The average Bonchev–Trinajstić information content (AvgIpc) is 3.36. The van der Waals surface area contributed by atoms with E-state index >= 15 is 0 Å². The van der Waals surface area contributed by atoms with Gasteiger partial charge in [0, 0.05) is 47.5 Å². The molecule has 0 aliphatic carbocycles. The van der Waals surface area contributed by atoms with E-state index in [0.29, 0.717) is 5.82 Å². The predicted molar refractivity (Wildman–Crippen MR) is 112 cm³/mol. The lowest BCUT2D eigenvalue weighted by atomic mass is 10.1. The molecule has 0 atom stereocenters. The number of pyridine rings is 1. The van der Waals surface area contributed by atoms with Crippen LogP contribution in [0.2, 0.25) is 0 Å². The highest BCUT2D eigenvalue weighted by atomic mass is 15.4. The van der Waals surface area contributed by atoms with Gasteiger partial charge in [0.25, 0.3) is 0 Å². The Bertz CT molecular complexity index is 1530. The first kappa shape index (κ1) is 15.9. The maximum Gasteiger partial charge on any atom is 0.161 e. The Morgan fingerprint density at radius 3 is 2.79 bits per heavy atom. The second-order valence-electron chi connectivity index (χ2n) is 6.99. The van der Waals surface area contributed by atoms with Crippen molar-refractivity contribution in [2.75, 3.05) is 0 Å². The van der Waals surface area contributed by atoms with Gasteiger partial charge < -0.3 is 4.98 Å². The minimum Gasteiger partial charge on any atom is -0.345 e. The van der Waals surface area contributed by atoms with E-state index in [2.05, 4.69) is 37.4 Å². The number of fused-ring (bicyclic) bond motifs is 3. The van der Waals surface area contributed by atoms with Gasteiger partial charge in [-0.1, -0.05) is 17.3 Å². The number of aryl methyl sites for hydroxylation is 1. The average molecular weight is 377 g/mol. The number of nitrogens with zero attached hydrogens (tertiary/aromatic N) is 6. The van der Waals surface area contributed by atoms with Crippen LogP contribution >= 0.6 is 0 Å². The summed E-state index contributed by atoms with van der Waals surface area (Å²) in [7, 11) is 1.89. The minimum absolute atomic E-state index is 0.683. The highest BCUT2D eigenvalue weighted by Gasteiger charge is 2.12. The van der Waals surface area contributed by atoms with E-state index in [-0.39, 0.29) is 0 Å². The lowest BCUT2D eigenvalue weighted by Gasteiger charge is -2.04. The Morgan fingerprint density at radius 2 is 1.83 bits per heavy atom. The molecule has 0 spiro atoms. The number of aromatic nitrogens is 7. The third-order valence-electron chi connectivity index (χ3n) is 5.22. The third kappa shape index (κ3) is 2.48. The van der Waals surface area contributed by atoms with E-state index < -0.39 is 0 Å². The maximum absolute atomic E-state index is 4.75. The zero-order valence-electron chi connectivity index (χ0n) is 15.5. The first-order chi connectivity index (χ1) is 14.3. The lowest BCUT2D eigenvalue weighted by molar-refractivity contribution is 0.736. The van der Waals surface area contributed by atoms with Crippen LogP contribution in [0.5, 0.6) is 0 Å². The standard InChI is InChI=1S/C22H15N7/c1-29-20-10-13(4-7-19(20)27-28-29)16-11-25-22-17(16)12-24-21(26-22)15-5-6-18-14(9-15)3-2-8-23-18/h2-12H,1H3,(H,24,25,26). The fraction of sp³-hybridized carbons (Fsp3) is 0.0455. The summed E-state index contributed by atoms with van der Waals surface area (Å²) in [5.74, 6) is 0.683. The molecule has 0 saturated carbocycles. The summed E-state index contributed by atoms with van der Waals surface area (Å²) < 4.78 is 1.77. The van der Waals surface area contributed by atoms with Gasteiger partial charge in [-0.15, -0.1) is 5.10 Å². The predicted octanol–water partition coefficient (Wildman–Crippen LogP) is 4.12. The van der Waals surface area contributed by atoms with Crippen LogP contribution in [-0.2, 0) is 7.05 Å². The lowest BCUT2D eigenvalue weighted by Crippen LogP contribution is -1.90. The van der Waals surface area contributed by atoms with Crippen LogP contribution in [0.3, 0.4) is 0 Å². The quantitative estimate of drug-likeness (QED) is 0.491. The Kier molecular flexibility index (Phi) is 3.25. The van der Waals surface area contributed by atoms with Gasteiger partial charge >= 0.3 is 0 Å². The van der Waals surface area contributed by atoms with Crippen LogP contribution in [0.15, 0.2) is 67.1 Å². The van der Waals surface area contributed by atoms with E-state index in [9.17, 15) is 0 Å². The van der Waals surface area contributed by atoms with E-state index in [4.69, 9.17) is 4.98 Å². The third-order valence-corrected chi connectivity index (χ3v) is 5.22. The summed E-state index contributed by atoms with van der Waals surface area (Å²) in [5, 5.41) is 10.3. The van der Waals surface area contributed by atoms with Gasteiger partial charge in [-0.3, -0.25) is 4.98 Å². The Morgan fingerprint density at radius 1 is 0.931 bits per heavy atom. The van der Waals surface area contributed by atoms with E-state index in [1.807, 2.05) is 55.8 Å². The van der Waals surface area contributed by atoms with Gasteiger partial charge in [-0.05, 0) is 42.0 Å². The summed E-state index contributed by atoms with van der Waals surface area (Å²) in [6.45, 7) is 0. The zero-order valence-corrected chi connectivity index (χ0v) is 15.5. The second kappa shape index (κ2) is 5.93. The maximum atomic E-state index is 4.75. The first-order valence-electron chi connectivity index (χ1n) is 9.25. The van der Waals surface area contributed by atoms with Crippen molar-refractivity contribution in [2.24, 2.45) is 7.05 Å². The molecule has 6 aromatic rings. The molecule has 4 aromatic heterocycles. The molecule has 0 bridgehead atoms. The zero-order chi connectivity index (χ0) is 19.4. The minimum atomic E-state index is 0.683. The molecular weight excluding hydrogens is 362 g/mol. The summed E-state index contributed by atoms with van der Waals surface area (Å²) in [6, 6.07) is 16.2. The molecule has 6 rings (SSSR count). The molecule has 0 saturated heterocycles. The van der Waals surface area contributed by atoms with Gasteiger partial charge in [0.2, 0.25) is 0 Å². The molecule has 0 aliphatic rings. The Hall–Kier alpha value is -4.13. The van der Waals surface area contributed by atoms with Crippen molar-refractivity contribution in [2.45, 2.75) is 0 Å². The molecule has 7 heteroatoms. The molecule has 0 aliphatic heterocycles. The summed E-state index contributed by atoms with van der Waals surface area (Å²) in [4.78, 5) is 17.0. The molecule has 1 N–H and O–H groups in total. The normalized spacial score (nSPS) is 11.6. The summed E-state index contributed by atoms with van der Waals surface area (Å²) >= 11 is 0. The van der Waals surface area contributed by atoms with Crippen molar-refractivity contribution >= 4 is 33.0 Å². The number of rotatable bonds is 2. The topological polar surface area (TPSA) is 85.2 Å². The molecule has 0 radical (unpaired) electrons. The van der Waals surface area contributed by atoms with Crippen molar-refractivity contribution < 1.29 is 0 Å². The largest absolute Gasteiger partial charge is 0.345 e. The Labute approximate surface area is 165 Å². The number of H-pyrrole nitrogens is 1. The SMILES string of the molecule is Cn1nnc2ccc(-c3c[nH]c4nc(-c5ccc6ncccc6c5)ncc34)cc21. The summed E-state index contributed by atoms with van der Waals surface area (Å²) in [5.41, 5.74) is 6.71. The van der Waals surface area contributed by atoms with Gasteiger partial charge in [-0.2, -0.15) is 0 Å². The van der Waals surface area contributed by atoms with Gasteiger partial charge in [0.05, 0.1) is 11.0 Å². The van der Waals surface area contributed by atoms with Crippen molar-refractivity contribution in [3.8, 4) is 22.5 Å². The molecule has 138 valence electrons. The van der Waals surface area contributed by atoms with Crippen LogP contribution in [-0.4, -0.2) is 34.9 Å². The smallest absolute Gasteiger partial charge is 0.161 e. The van der Waals surface area contributed by atoms with Crippen LogP contribution in [0.1, 0.15) is 0 Å². The molecule has 0 fully saturated rings. The number of hydrogen-bond acceptors (Lipinski definition) is 5. The van der Waals surface area contributed by atoms with Gasteiger partial charge in [0.15, 0.2) is 5.82 Å². The van der Waals surface area contributed by atoms with Crippen molar-refractivity contribution in [1.29, 1.82) is 0 Å². The van der Waals surface area contributed by atoms with Crippen LogP contribution in [0.4, 0.5) is 0 Å². The number of benzene rings is 2. The van der Waals surface area contributed by atoms with Crippen molar-refractivity contribution in [3.05, 3.63) is 67.1 Å². The molecule has 0 unspecified atom stereocenters. The summed E-state index contributed by atoms with van der Waals surface area (Å²) in [6.07, 6.45) is 5.64. The van der Waals surface area contributed by atoms with Crippen molar-refractivity contribution in [1.82, 2.24) is 34.9 Å². The molecular formula is C22H15N7. The highest BCUT2D eigenvalue weighted by Crippen LogP contribution is 2.30. The number of nitrogens with one attached hydrogen (secondary N) is 1. The molecule has 29 heavy (non-hydrogen) atoms. The molecule has 4 heterocycles. The molecule has 2 aromatic carbocycles. The van der Waals surface area contributed by atoms with Gasteiger partial charge in [0.1, 0.15) is 11.2 Å². The van der Waals surface area contributed by atoms with E-state index in [1.165, 1.54) is 0 Å². The number of aromatic amines is 1. The van der Waals surface area contributed by atoms with Crippen LogP contribution in [0.25, 0.3) is 55.5 Å². The Balaban J connectivity index is 1.46. The molecule has 7 nitrogen and oxygen atoms in total. The highest BCUT2D eigenvalue weighted by molar-refractivity contribution is 5.96. The van der Waals surface area contributed by atoms with Crippen molar-refractivity contribution in [3.63, 3.8) is 0 Å². The van der Waals surface area contributed by atoms with Crippen LogP contribution in [0, 0.1) is 0 Å². The van der Waals surface area contributed by atoms with E-state index in [1.54, 1.807) is 10.9 Å². The second-order valence-corrected chi connectivity index (χ2v) is 6.99.